The van der Waals surface area contributed by atoms with Gasteiger partial charge in [0, 0.05) is 46.0 Å². The molecule has 6 nitrogen and oxygen atoms in total. The van der Waals surface area contributed by atoms with Crippen LogP contribution in [0.2, 0.25) is 0 Å². The molecule has 1 aromatic carbocycles. The zero-order valence-electron chi connectivity index (χ0n) is 12.9. The molecule has 0 bridgehead atoms. The normalized spacial score (nSPS) is 12.8. The van der Waals surface area contributed by atoms with E-state index in [1.54, 1.807) is 16.7 Å². The summed E-state index contributed by atoms with van der Waals surface area (Å²) >= 11 is 0. The Morgan fingerprint density at radius 1 is 1.23 bits per heavy atom. The molecule has 113 valence electrons. The zero-order valence-corrected chi connectivity index (χ0v) is 15.8. The Morgan fingerprint density at radius 2 is 1.86 bits per heavy atom. The largest absolute Gasteiger partial charge is 0.477 e. The molecule has 1 radical (unpaired) electrons. The molecule has 1 aliphatic rings. The molecule has 0 saturated heterocycles. The standard InChI is InChI=1S/C15H16N2O4.Y/c1-7-8(2)11-12-14(9(7)3)21-6-16(4)17(12)5-10(13(11)18)15(19)20;/h5H,6H2,1-4H3,(H,19,20);. The molecular formula is C15H16N2O4Y. The summed E-state index contributed by atoms with van der Waals surface area (Å²) in [5, 5.41) is 11.4. The summed E-state index contributed by atoms with van der Waals surface area (Å²) < 4.78 is 7.44. The molecule has 0 aliphatic carbocycles. The van der Waals surface area contributed by atoms with Crippen molar-refractivity contribution in [1.82, 2.24) is 4.68 Å². The van der Waals surface area contributed by atoms with Crippen molar-refractivity contribution in [2.75, 3.05) is 18.8 Å². The first-order valence-electron chi connectivity index (χ1n) is 6.61. The van der Waals surface area contributed by atoms with E-state index in [1.807, 2.05) is 20.8 Å². The van der Waals surface area contributed by atoms with Crippen LogP contribution in [0.1, 0.15) is 27.0 Å². The predicted molar refractivity (Wildman–Crippen MR) is 79.0 cm³/mol. The smallest absolute Gasteiger partial charge is 0.341 e. The number of aryl methyl sites for hydroxylation is 1. The fourth-order valence-corrected chi connectivity index (χ4v) is 2.80. The minimum atomic E-state index is -1.22. The van der Waals surface area contributed by atoms with Gasteiger partial charge in [0.1, 0.15) is 11.1 Å². The van der Waals surface area contributed by atoms with E-state index in [-0.39, 0.29) is 38.3 Å². The minimum Gasteiger partial charge on any atom is -0.477 e. The summed E-state index contributed by atoms with van der Waals surface area (Å²) in [6, 6.07) is 0. The van der Waals surface area contributed by atoms with E-state index >= 15 is 0 Å². The van der Waals surface area contributed by atoms with E-state index in [4.69, 9.17) is 4.74 Å². The summed E-state index contributed by atoms with van der Waals surface area (Å²) in [4.78, 5) is 23.9. The monoisotopic (exact) mass is 377 g/mol. The number of hydrogen-bond acceptors (Lipinski definition) is 4. The molecule has 0 spiro atoms. The number of ether oxygens (including phenoxy) is 1. The van der Waals surface area contributed by atoms with Crippen LogP contribution in [0.4, 0.5) is 0 Å². The first kappa shape index (κ1) is 17.0. The first-order valence-corrected chi connectivity index (χ1v) is 6.61. The summed E-state index contributed by atoms with van der Waals surface area (Å²) in [7, 11) is 1.78. The average molecular weight is 377 g/mol. The summed E-state index contributed by atoms with van der Waals surface area (Å²) in [6.45, 7) is 6.00. The van der Waals surface area contributed by atoms with Gasteiger partial charge in [-0.3, -0.25) is 14.5 Å². The molecule has 0 fully saturated rings. The van der Waals surface area contributed by atoms with Crippen LogP contribution in [0.3, 0.4) is 0 Å². The number of carbonyl (C=O) groups is 1. The summed E-state index contributed by atoms with van der Waals surface area (Å²) in [5.41, 5.74) is 2.67. The molecule has 2 aromatic rings. The molecular weight excluding hydrogens is 361 g/mol. The van der Waals surface area contributed by atoms with Gasteiger partial charge in [0.15, 0.2) is 12.5 Å². The SMILES string of the molecule is Cc1c(C)c2c3c(c1C)c(=O)c(C(=O)O)cn3N(C)CO2.[Y]. The Kier molecular flexibility index (Phi) is 4.37. The van der Waals surface area contributed by atoms with E-state index in [0.29, 0.717) is 23.4 Å². The molecule has 0 amide bonds. The van der Waals surface area contributed by atoms with Gasteiger partial charge in [-0.15, -0.1) is 0 Å². The van der Waals surface area contributed by atoms with Gasteiger partial charge in [0.2, 0.25) is 5.43 Å². The maximum atomic E-state index is 12.5. The van der Waals surface area contributed by atoms with Crippen LogP contribution in [-0.4, -0.2) is 29.5 Å². The number of aromatic nitrogens is 1. The molecule has 22 heavy (non-hydrogen) atoms. The van der Waals surface area contributed by atoms with Crippen LogP contribution in [0.15, 0.2) is 11.0 Å². The van der Waals surface area contributed by atoms with Gasteiger partial charge < -0.3 is 9.84 Å². The number of carboxylic acid groups (broad SMARTS) is 1. The average Bonchev–Trinajstić information content (AvgIpc) is 2.43. The van der Waals surface area contributed by atoms with Gasteiger partial charge in [-0.2, -0.15) is 0 Å². The van der Waals surface area contributed by atoms with E-state index < -0.39 is 11.4 Å². The number of benzene rings is 1. The van der Waals surface area contributed by atoms with E-state index in [0.717, 1.165) is 16.7 Å². The molecule has 3 rings (SSSR count). The van der Waals surface area contributed by atoms with Gasteiger partial charge in [-0.05, 0) is 37.5 Å². The van der Waals surface area contributed by atoms with Gasteiger partial charge in [-0.1, -0.05) is 0 Å². The third-order valence-corrected chi connectivity index (χ3v) is 4.24. The van der Waals surface area contributed by atoms with Crippen molar-refractivity contribution in [3.63, 3.8) is 0 Å². The Balaban J connectivity index is 0.00000176. The molecule has 1 aromatic heterocycles. The molecule has 1 aliphatic heterocycles. The molecule has 1 N–H and O–H groups in total. The van der Waals surface area contributed by atoms with E-state index in [9.17, 15) is 14.7 Å². The van der Waals surface area contributed by atoms with Crippen LogP contribution < -0.4 is 15.2 Å². The van der Waals surface area contributed by atoms with Gasteiger partial charge in [0.05, 0.1) is 5.39 Å². The second-order valence-corrected chi connectivity index (χ2v) is 5.38. The zero-order chi connectivity index (χ0) is 15.5. The molecule has 7 heteroatoms. The van der Waals surface area contributed by atoms with Gasteiger partial charge in [-0.25, -0.2) is 4.79 Å². The Morgan fingerprint density at radius 3 is 2.45 bits per heavy atom. The van der Waals surface area contributed by atoms with Crippen LogP contribution in [0, 0.1) is 20.8 Å². The van der Waals surface area contributed by atoms with Crippen LogP contribution in [0.5, 0.6) is 5.75 Å². The van der Waals surface area contributed by atoms with Crippen molar-refractivity contribution in [1.29, 1.82) is 0 Å². The fourth-order valence-electron chi connectivity index (χ4n) is 2.80. The minimum absolute atomic E-state index is 0. The van der Waals surface area contributed by atoms with Crippen LogP contribution >= 0.6 is 0 Å². The topological polar surface area (TPSA) is 71.8 Å². The summed E-state index contributed by atoms with van der Waals surface area (Å²) in [6.07, 6.45) is 1.37. The number of pyridine rings is 1. The second-order valence-electron chi connectivity index (χ2n) is 5.38. The first-order chi connectivity index (χ1) is 9.84. The summed E-state index contributed by atoms with van der Waals surface area (Å²) in [5.74, 6) is -0.565. The maximum Gasteiger partial charge on any atom is 0.341 e. The van der Waals surface area contributed by atoms with Crippen molar-refractivity contribution in [2.24, 2.45) is 0 Å². The van der Waals surface area contributed by atoms with Gasteiger partial charge >= 0.3 is 5.97 Å². The number of aromatic carboxylic acids is 1. The van der Waals surface area contributed by atoms with Crippen LogP contribution in [-0.2, 0) is 32.7 Å². The fraction of sp³-hybridized carbons (Fsp3) is 0.333. The van der Waals surface area contributed by atoms with E-state index in [2.05, 4.69) is 0 Å². The molecule has 0 atom stereocenters. The van der Waals surface area contributed by atoms with Crippen molar-refractivity contribution in [2.45, 2.75) is 20.8 Å². The van der Waals surface area contributed by atoms with Crippen molar-refractivity contribution < 1.29 is 47.3 Å². The van der Waals surface area contributed by atoms with E-state index in [1.165, 1.54) is 6.20 Å². The van der Waals surface area contributed by atoms with Crippen molar-refractivity contribution in [3.05, 3.63) is 38.7 Å². The molecule has 2 heterocycles. The quantitative estimate of drug-likeness (QED) is 0.817. The number of hydrogen-bond donors (Lipinski definition) is 1. The predicted octanol–water partition coefficient (Wildman–Crippen LogP) is 1.54. The number of carboxylic acids is 1. The van der Waals surface area contributed by atoms with Gasteiger partial charge in [0.25, 0.3) is 0 Å². The third-order valence-electron chi connectivity index (χ3n) is 4.24. The van der Waals surface area contributed by atoms with Crippen molar-refractivity contribution >= 4 is 16.9 Å². The Labute approximate surface area is 152 Å². The second kappa shape index (κ2) is 5.67. The number of nitrogens with zero attached hydrogens (tertiary/aromatic N) is 2. The number of rotatable bonds is 1. The molecule has 0 saturated carbocycles. The van der Waals surface area contributed by atoms with Crippen LogP contribution in [0.25, 0.3) is 10.9 Å². The Bertz CT molecular complexity index is 857. The van der Waals surface area contributed by atoms with Crippen molar-refractivity contribution in [3.8, 4) is 5.75 Å². The third kappa shape index (κ3) is 2.16. The Hall–Kier alpha value is -1.40. The molecule has 0 unspecified atom stereocenters. The maximum absolute atomic E-state index is 12.5.